The number of carbonyl (C=O) groups excluding carboxylic acids is 1. The first-order valence-electron chi connectivity index (χ1n) is 8.41. The van der Waals surface area contributed by atoms with E-state index in [1.165, 1.54) is 6.26 Å². The van der Waals surface area contributed by atoms with E-state index in [-0.39, 0.29) is 17.8 Å². The number of nitrogens with one attached hydrogen (secondary N) is 1. The number of urea groups is 1. The Morgan fingerprint density at radius 3 is 2.73 bits per heavy atom. The lowest BCUT2D eigenvalue weighted by atomic mass is 10.1. The summed E-state index contributed by atoms with van der Waals surface area (Å²) in [5, 5.41) is 3.54. The van der Waals surface area contributed by atoms with Gasteiger partial charge in [-0.25, -0.2) is 13.2 Å². The molecule has 1 unspecified atom stereocenters. The predicted molar refractivity (Wildman–Crippen MR) is 104 cm³/mol. The molecule has 26 heavy (non-hydrogen) atoms. The van der Waals surface area contributed by atoms with Gasteiger partial charge in [0.15, 0.2) is 9.84 Å². The standard InChI is InChI=1S/C19H21ClN2O3S/c1-26(24,25)13-14-5-2-8-17(11-14)21-19(23)22-10-4-9-18(22)15-6-3-7-16(20)12-15/h2-3,5-8,11-12,18H,4,9-10,13H2,1H3,(H,21,23). The number of benzene rings is 2. The van der Waals surface area contributed by atoms with Crippen LogP contribution in [0.4, 0.5) is 10.5 Å². The van der Waals surface area contributed by atoms with Gasteiger partial charge in [-0.2, -0.15) is 0 Å². The van der Waals surface area contributed by atoms with Gasteiger partial charge in [-0.05, 0) is 48.2 Å². The zero-order valence-electron chi connectivity index (χ0n) is 14.5. The number of carbonyl (C=O) groups is 1. The minimum Gasteiger partial charge on any atom is -0.317 e. The second-order valence-corrected chi connectivity index (χ2v) is 9.18. The third kappa shape index (κ3) is 4.77. The van der Waals surface area contributed by atoms with Crippen LogP contribution < -0.4 is 5.32 Å². The number of likely N-dealkylation sites (tertiary alicyclic amines) is 1. The van der Waals surface area contributed by atoms with E-state index in [2.05, 4.69) is 5.32 Å². The van der Waals surface area contributed by atoms with Gasteiger partial charge in [0.2, 0.25) is 0 Å². The van der Waals surface area contributed by atoms with Crippen molar-refractivity contribution in [3.63, 3.8) is 0 Å². The summed E-state index contributed by atoms with van der Waals surface area (Å²) in [6.45, 7) is 0.673. The summed E-state index contributed by atoms with van der Waals surface area (Å²) in [4.78, 5) is 14.5. The van der Waals surface area contributed by atoms with Crippen molar-refractivity contribution in [1.29, 1.82) is 0 Å². The van der Waals surface area contributed by atoms with Crippen LogP contribution in [0.15, 0.2) is 48.5 Å². The van der Waals surface area contributed by atoms with E-state index in [1.54, 1.807) is 29.2 Å². The SMILES string of the molecule is CS(=O)(=O)Cc1cccc(NC(=O)N2CCCC2c2cccc(Cl)c2)c1. The van der Waals surface area contributed by atoms with E-state index in [1.807, 2.05) is 24.3 Å². The van der Waals surface area contributed by atoms with E-state index in [4.69, 9.17) is 11.6 Å². The van der Waals surface area contributed by atoms with Gasteiger partial charge in [0.1, 0.15) is 0 Å². The molecule has 1 N–H and O–H groups in total. The van der Waals surface area contributed by atoms with E-state index < -0.39 is 9.84 Å². The van der Waals surface area contributed by atoms with Gasteiger partial charge >= 0.3 is 6.03 Å². The molecule has 7 heteroatoms. The third-order valence-corrected chi connectivity index (χ3v) is 5.45. The fourth-order valence-corrected chi connectivity index (χ4v) is 4.29. The molecule has 1 aliphatic rings. The Morgan fingerprint density at radius 2 is 2.00 bits per heavy atom. The van der Waals surface area contributed by atoms with Crippen LogP contribution in [-0.4, -0.2) is 32.1 Å². The van der Waals surface area contributed by atoms with Crippen molar-refractivity contribution in [2.45, 2.75) is 24.6 Å². The molecule has 2 aromatic rings. The summed E-state index contributed by atoms with van der Waals surface area (Å²) in [7, 11) is -3.12. The highest BCUT2D eigenvalue weighted by Gasteiger charge is 2.30. The monoisotopic (exact) mass is 392 g/mol. The first-order valence-corrected chi connectivity index (χ1v) is 10.9. The van der Waals surface area contributed by atoms with Crippen LogP contribution in [0.1, 0.15) is 30.0 Å². The van der Waals surface area contributed by atoms with Crippen molar-refractivity contribution >= 4 is 33.2 Å². The molecule has 1 heterocycles. The maximum atomic E-state index is 12.7. The average Bonchev–Trinajstić information content (AvgIpc) is 3.03. The van der Waals surface area contributed by atoms with Crippen LogP contribution in [0.2, 0.25) is 5.02 Å². The molecule has 5 nitrogen and oxygen atoms in total. The molecule has 2 amide bonds. The molecule has 1 fully saturated rings. The van der Waals surface area contributed by atoms with Crippen molar-refractivity contribution in [2.75, 3.05) is 18.1 Å². The van der Waals surface area contributed by atoms with E-state index in [9.17, 15) is 13.2 Å². The number of rotatable bonds is 4. The topological polar surface area (TPSA) is 66.5 Å². The summed E-state index contributed by atoms with van der Waals surface area (Å²) in [5.41, 5.74) is 2.27. The maximum Gasteiger partial charge on any atom is 0.322 e. The van der Waals surface area contributed by atoms with Gasteiger partial charge in [-0.1, -0.05) is 35.9 Å². The van der Waals surface area contributed by atoms with Crippen LogP contribution in [0.3, 0.4) is 0 Å². The maximum absolute atomic E-state index is 12.7. The van der Waals surface area contributed by atoms with Gasteiger partial charge in [-0.3, -0.25) is 0 Å². The largest absolute Gasteiger partial charge is 0.322 e. The highest BCUT2D eigenvalue weighted by atomic mass is 35.5. The number of halogens is 1. The van der Waals surface area contributed by atoms with Gasteiger partial charge in [-0.15, -0.1) is 0 Å². The fourth-order valence-electron chi connectivity index (χ4n) is 3.31. The molecule has 3 rings (SSSR count). The van der Waals surface area contributed by atoms with E-state index in [0.29, 0.717) is 22.8 Å². The minimum absolute atomic E-state index is 0.00657. The van der Waals surface area contributed by atoms with Crippen LogP contribution in [-0.2, 0) is 15.6 Å². The summed E-state index contributed by atoms with van der Waals surface area (Å²) in [5.74, 6) is -0.0500. The molecule has 0 aromatic heterocycles. The lowest BCUT2D eigenvalue weighted by Gasteiger charge is -2.25. The zero-order valence-corrected chi connectivity index (χ0v) is 16.1. The Bertz CT molecular complexity index is 915. The number of hydrogen-bond acceptors (Lipinski definition) is 3. The Balaban J connectivity index is 1.74. The van der Waals surface area contributed by atoms with Crippen molar-refractivity contribution < 1.29 is 13.2 Å². The summed E-state index contributed by atoms with van der Waals surface area (Å²) in [6.07, 6.45) is 3.01. The Hall–Kier alpha value is -2.05. The average molecular weight is 393 g/mol. The molecule has 138 valence electrons. The number of anilines is 1. The van der Waals surface area contributed by atoms with Gasteiger partial charge in [0.25, 0.3) is 0 Å². The van der Waals surface area contributed by atoms with Gasteiger partial charge < -0.3 is 10.2 Å². The van der Waals surface area contributed by atoms with Crippen molar-refractivity contribution in [2.24, 2.45) is 0 Å². The first-order chi connectivity index (χ1) is 12.3. The second kappa shape index (κ2) is 7.68. The van der Waals surface area contributed by atoms with E-state index in [0.717, 1.165) is 18.4 Å². The molecular formula is C19H21ClN2O3S. The highest BCUT2D eigenvalue weighted by Crippen LogP contribution is 2.33. The Morgan fingerprint density at radius 1 is 1.23 bits per heavy atom. The molecule has 0 radical (unpaired) electrons. The number of hydrogen-bond donors (Lipinski definition) is 1. The van der Waals surface area contributed by atoms with Crippen LogP contribution >= 0.6 is 11.6 Å². The lowest BCUT2D eigenvalue weighted by molar-refractivity contribution is 0.207. The predicted octanol–water partition coefficient (Wildman–Crippen LogP) is 4.25. The highest BCUT2D eigenvalue weighted by molar-refractivity contribution is 7.89. The van der Waals surface area contributed by atoms with Crippen LogP contribution in [0.5, 0.6) is 0 Å². The normalized spacial score (nSPS) is 17.3. The first kappa shape index (κ1) is 18.7. The van der Waals surface area contributed by atoms with Crippen molar-refractivity contribution in [1.82, 2.24) is 4.90 Å². The molecule has 0 spiro atoms. The lowest BCUT2D eigenvalue weighted by Crippen LogP contribution is -2.34. The van der Waals surface area contributed by atoms with Crippen LogP contribution in [0.25, 0.3) is 0 Å². The molecule has 1 atom stereocenters. The van der Waals surface area contributed by atoms with Crippen LogP contribution in [0, 0.1) is 0 Å². The second-order valence-electron chi connectivity index (χ2n) is 6.61. The molecule has 1 saturated heterocycles. The molecule has 0 bridgehead atoms. The van der Waals surface area contributed by atoms with Gasteiger partial charge in [0, 0.05) is 23.5 Å². The van der Waals surface area contributed by atoms with Crippen molar-refractivity contribution in [3.8, 4) is 0 Å². The molecule has 0 saturated carbocycles. The quantitative estimate of drug-likeness (QED) is 0.845. The summed E-state index contributed by atoms with van der Waals surface area (Å²) >= 11 is 6.08. The molecular weight excluding hydrogens is 372 g/mol. The molecule has 0 aliphatic carbocycles. The smallest absolute Gasteiger partial charge is 0.317 e. The fraction of sp³-hybridized carbons (Fsp3) is 0.316. The molecule has 2 aromatic carbocycles. The number of nitrogens with zero attached hydrogens (tertiary/aromatic N) is 1. The minimum atomic E-state index is -3.12. The Labute approximate surface area is 158 Å². The Kier molecular flexibility index (Phi) is 5.53. The third-order valence-electron chi connectivity index (χ3n) is 4.35. The number of amides is 2. The van der Waals surface area contributed by atoms with Gasteiger partial charge in [0.05, 0.1) is 11.8 Å². The zero-order chi connectivity index (χ0) is 18.7. The number of sulfone groups is 1. The summed E-state index contributed by atoms with van der Waals surface area (Å²) in [6, 6.07) is 14.3. The van der Waals surface area contributed by atoms with E-state index >= 15 is 0 Å². The van der Waals surface area contributed by atoms with Crippen molar-refractivity contribution in [3.05, 3.63) is 64.7 Å². The molecule has 1 aliphatic heterocycles. The summed E-state index contributed by atoms with van der Waals surface area (Å²) < 4.78 is 22.9.